The summed E-state index contributed by atoms with van der Waals surface area (Å²) in [6.45, 7) is 2.03. The van der Waals surface area contributed by atoms with Crippen molar-refractivity contribution in [3.63, 3.8) is 0 Å². The van der Waals surface area contributed by atoms with Crippen LogP contribution in [0.4, 0.5) is 5.95 Å². The van der Waals surface area contributed by atoms with E-state index in [1.165, 1.54) is 0 Å². The molecular formula is C12H13N3. The van der Waals surface area contributed by atoms with Gasteiger partial charge in [0.25, 0.3) is 0 Å². The number of aromatic nitrogens is 2. The van der Waals surface area contributed by atoms with Crippen molar-refractivity contribution in [2.75, 3.05) is 5.32 Å². The van der Waals surface area contributed by atoms with Gasteiger partial charge in [0.15, 0.2) is 0 Å². The Bertz CT molecular complexity index is 460. The number of aromatic amines is 1. The molecule has 0 aliphatic rings. The van der Waals surface area contributed by atoms with Gasteiger partial charge in [-0.2, -0.15) is 0 Å². The van der Waals surface area contributed by atoms with Gasteiger partial charge in [0.05, 0.1) is 11.0 Å². The Kier molecular flexibility index (Phi) is 2.59. The molecule has 1 atom stereocenters. The Morgan fingerprint density at radius 1 is 1.53 bits per heavy atom. The van der Waals surface area contributed by atoms with E-state index < -0.39 is 0 Å². The summed E-state index contributed by atoms with van der Waals surface area (Å²) in [5.41, 5.74) is 2.00. The summed E-state index contributed by atoms with van der Waals surface area (Å²) in [7, 11) is 0. The van der Waals surface area contributed by atoms with Crippen LogP contribution in [0.15, 0.2) is 24.3 Å². The maximum Gasteiger partial charge on any atom is 0.201 e. The van der Waals surface area contributed by atoms with E-state index in [2.05, 4.69) is 21.2 Å². The van der Waals surface area contributed by atoms with Gasteiger partial charge in [-0.3, -0.25) is 0 Å². The number of benzene rings is 1. The van der Waals surface area contributed by atoms with Gasteiger partial charge < -0.3 is 10.3 Å². The molecule has 0 spiro atoms. The number of nitrogens with zero attached hydrogens (tertiary/aromatic N) is 1. The van der Waals surface area contributed by atoms with Crippen molar-refractivity contribution in [1.29, 1.82) is 0 Å². The maximum absolute atomic E-state index is 5.24. The second-order valence-corrected chi connectivity index (χ2v) is 3.56. The molecule has 76 valence electrons. The van der Waals surface area contributed by atoms with E-state index >= 15 is 0 Å². The summed E-state index contributed by atoms with van der Waals surface area (Å²) < 4.78 is 0. The van der Waals surface area contributed by atoms with Crippen LogP contribution < -0.4 is 5.32 Å². The molecule has 2 rings (SSSR count). The van der Waals surface area contributed by atoms with Gasteiger partial charge in [0.1, 0.15) is 0 Å². The highest BCUT2D eigenvalue weighted by Crippen LogP contribution is 2.14. The Morgan fingerprint density at radius 3 is 3.07 bits per heavy atom. The average molecular weight is 199 g/mol. The molecule has 1 heterocycles. The van der Waals surface area contributed by atoms with Crippen molar-refractivity contribution in [2.24, 2.45) is 0 Å². The number of anilines is 1. The van der Waals surface area contributed by atoms with E-state index in [1.54, 1.807) is 0 Å². The predicted molar refractivity (Wildman–Crippen MR) is 62.6 cm³/mol. The van der Waals surface area contributed by atoms with E-state index in [0.29, 0.717) is 6.42 Å². The Labute approximate surface area is 88.9 Å². The lowest BCUT2D eigenvalue weighted by molar-refractivity contribution is 0.817. The molecule has 0 aliphatic heterocycles. The molecule has 0 amide bonds. The quantitative estimate of drug-likeness (QED) is 0.745. The van der Waals surface area contributed by atoms with Crippen LogP contribution in [0.25, 0.3) is 11.0 Å². The molecule has 1 unspecified atom stereocenters. The summed E-state index contributed by atoms with van der Waals surface area (Å²) in [6, 6.07) is 8.16. The number of H-pyrrole nitrogens is 1. The molecule has 3 nitrogen and oxygen atoms in total. The van der Waals surface area contributed by atoms with Crippen molar-refractivity contribution >= 4 is 17.0 Å². The third kappa shape index (κ3) is 2.10. The number of hydrogen-bond donors (Lipinski definition) is 2. The largest absolute Gasteiger partial charge is 0.352 e. The van der Waals surface area contributed by atoms with Crippen molar-refractivity contribution < 1.29 is 0 Å². The molecular weight excluding hydrogens is 186 g/mol. The highest BCUT2D eigenvalue weighted by atomic mass is 15.1. The van der Waals surface area contributed by atoms with Crippen LogP contribution in [0, 0.1) is 12.3 Å². The summed E-state index contributed by atoms with van der Waals surface area (Å²) >= 11 is 0. The Morgan fingerprint density at radius 2 is 2.33 bits per heavy atom. The minimum atomic E-state index is 0.232. The van der Waals surface area contributed by atoms with Crippen molar-refractivity contribution in [2.45, 2.75) is 19.4 Å². The van der Waals surface area contributed by atoms with Crippen LogP contribution in [0.5, 0.6) is 0 Å². The normalized spacial score (nSPS) is 12.3. The second kappa shape index (κ2) is 4.05. The average Bonchev–Trinajstić information content (AvgIpc) is 2.59. The number of terminal acetylenes is 1. The van der Waals surface area contributed by atoms with Gasteiger partial charge in [-0.25, -0.2) is 4.98 Å². The van der Waals surface area contributed by atoms with Gasteiger partial charge in [-0.05, 0) is 19.1 Å². The molecule has 0 saturated heterocycles. The molecule has 0 bridgehead atoms. The smallest absolute Gasteiger partial charge is 0.201 e. The third-order valence-corrected chi connectivity index (χ3v) is 2.20. The number of imidazole rings is 1. The summed E-state index contributed by atoms with van der Waals surface area (Å²) in [5, 5.41) is 3.22. The maximum atomic E-state index is 5.24. The Hall–Kier alpha value is -1.95. The zero-order chi connectivity index (χ0) is 10.7. The number of fused-ring (bicyclic) bond motifs is 1. The molecule has 0 aliphatic carbocycles. The van der Waals surface area contributed by atoms with Crippen LogP contribution in [0.2, 0.25) is 0 Å². The Balaban J connectivity index is 2.19. The van der Waals surface area contributed by atoms with Crippen molar-refractivity contribution in [3.8, 4) is 12.3 Å². The van der Waals surface area contributed by atoms with Gasteiger partial charge in [0.2, 0.25) is 5.95 Å². The fraction of sp³-hybridized carbons (Fsp3) is 0.250. The second-order valence-electron chi connectivity index (χ2n) is 3.56. The van der Waals surface area contributed by atoms with Crippen LogP contribution >= 0.6 is 0 Å². The van der Waals surface area contributed by atoms with Gasteiger partial charge in [0, 0.05) is 12.5 Å². The monoisotopic (exact) mass is 199 g/mol. The highest BCUT2D eigenvalue weighted by Gasteiger charge is 2.04. The van der Waals surface area contributed by atoms with Crippen molar-refractivity contribution in [3.05, 3.63) is 24.3 Å². The first-order valence-electron chi connectivity index (χ1n) is 4.94. The molecule has 1 aromatic carbocycles. The van der Waals surface area contributed by atoms with Crippen molar-refractivity contribution in [1.82, 2.24) is 9.97 Å². The highest BCUT2D eigenvalue weighted by molar-refractivity contribution is 5.77. The molecule has 1 aromatic heterocycles. The van der Waals surface area contributed by atoms with Gasteiger partial charge in [-0.1, -0.05) is 12.1 Å². The van der Waals surface area contributed by atoms with E-state index in [1.807, 2.05) is 31.2 Å². The molecule has 15 heavy (non-hydrogen) atoms. The van der Waals surface area contributed by atoms with Crippen LogP contribution in [0.3, 0.4) is 0 Å². The predicted octanol–water partition coefficient (Wildman–Crippen LogP) is 2.39. The lowest BCUT2D eigenvalue weighted by atomic mass is 10.2. The fourth-order valence-corrected chi connectivity index (χ4v) is 1.48. The number of hydrogen-bond acceptors (Lipinski definition) is 2. The minimum absolute atomic E-state index is 0.232. The minimum Gasteiger partial charge on any atom is -0.352 e. The molecule has 3 heteroatoms. The van der Waals surface area contributed by atoms with E-state index in [-0.39, 0.29) is 6.04 Å². The first-order chi connectivity index (χ1) is 7.29. The standard InChI is InChI=1S/C12H13N3/c1-3-6-9(2)13-12-14-10-7-4-5-8-11(10)15-12/h1,4-5,7-9H,6H2,2H3,(H2,13,14,15). The van der Waals surface area contributed by atoms with E-state index in [9.17, 15) is 0 Å². The van der Waals surface area contributed by atoms with Gasteiger partial charge >= 0.3 is 0 Å². The molecule has 0 radical (unpaired) electrons. The zero-order valence-corrected chi connectivity index (χ0v) is 8.62. The number of nitrogens with one attached hydrogen (secondary N) is 2. The fourth-order valence-electron chi connectivity index (χ4n) is 1.48. The SMILES string of the molecule is C#CCC(C)Nc1nc2ccccc2[nH]1. The van der Waals surface area contributed by atoms with Crippen LogP contribution in [-0.4, -0.2) is 16.0 Å². The third-order valence-electron chi connectivity index (χ3n) is 2.20. The van der Waals surface area contributed by atoms with Crippen LogP contribution in [-0.2, 0) is 0 Å². The molecule has 2 N–H and O–H groups in total. The van der Waals surface area contributed by atoms with Crippen LogP contribution in [0.1, 0.15) is 13.3 Å². The van der Waals surface area contributed by atoms with E-state index in [4.69, 9.17) is 6.42 Å². The number of para-hydroxylation sites is 2. The summed E-state index contributed by atoms with van der Waals surface area (Å²) in [5.74, 6) is 3.39. The molecule has 2 aromatic rings. The van der Waals surface area contributed by atoms with Gasteiger partial charge in [-0.15, -0.1) is 12.3 Å². The zero-order valence-electron chi connectivity index (χ0n) is 8.62. The summed E-state index contributed by atoms with van der Waals surface area (Å²) in [6.07, 6.45) is 5.93. The van der Waals surface area contributed by atoms with E-state index in [0.717, 1.165) is 17.0 Å². The lowest BCUT2D eigenvalue weighted by Crippen LogP contribution is -2.14. The lowest BCUT2D eigenvalue weighted by Gasteiger charge is -2.08. The first-order valence-corrected chi connectivity index (χ1v) is 4.94. The summed E-state index contributed by atoms with van der Waals surface area (Å²) in [4.78, 5) is 7.59. The number of rotatable bonds is 3. The molecule has 0 fully saturated rings. The first kappa shape index (κ1) is 9.60. The topological polar surface area (TPSA) is 40.7 Å². The molecule has 0 saturated carbocycles.